The summed E-state index contributed by atoms with van der Waals surface area (Å²) in [5.74, 6) is 14.7. The molecule has 2 aliphatic carbocycles. The van der Waals surface area contributed by atoms with Gasteiger partial charge in [-0.15, -0.1) is 0 Å². The van der Waals surface area contributed by atoms with Gasteiger partial charge in [0.2, 0.25) is 0 Å². The first-order valence-corrected chi connectivity index (χ1v) is 12.6. The minimum atomic E-state index is 0. The van der Waals surface area contributed by atoms with Gasteiger partial charge >= 0.3 is 34.1 Å². The predicted octanol–water partition coefficient (Wildman–Crippen LogP) is 7.16. The summed E-state index contributed by atoms with van der Waals surface area (Å²) in [6, 6.07) is 7.67. The summed E-state index contributed by atoms with van der Waals surface area (Å²) < 4.78 is 0. The van der Waals surface area contributed by atoms with E-state index in [9.17, 15) is 0 Å². The standard InChI is InChI=1S/C13H9N3.2C10H15.2Fe/c1-4-12(10-6-2-8-14-10)16-13(5-1)11-7-3-9-15-11;2*1-6-7(2)9(4)10(5)8(6)3;;/h1-9H;2*1-5H3;;/q;;;2*+2. The predicted molar refractivity (Wildman–Crippen MR) is 148 cm³/mol. The molecule has 5 rings (SSSR count). The fourth-order valence-corrected chi connectivity index (χ4v) is 4.44. The number of hydrogen-bond donors (Lipinski definition) is 0. The molecular formula is C33H39Fe2N3+4. The molecule has 0 atom stereocenters. The van der Waals surface area contributed by atoms with Crippen molar-refractivity contribution in [2.45, 2.75) is 69.2 Å². The van der Waals surface area contributed by atoms with E-state index < -0.39 is 0 Å². The third-order valence-electron chi connectivity index (χ3n) is 8.01. The van der Waals surface area contributed by atoms with Gasteiger partial charge in [0.25, 0.3) is 0 Å². The molecule has 2 aliphatic heterocycles. The Bertz CT molecular complexity index is 641. The van der Waals surface area contributed by atoms with Gasteiger partial charge in [0.15, 0.2) is 0 Å². The van der Waals surface area contributed by atoms with Crippen LogP contribution in [-0.2, 0) is 34.1 Å². The molecule has 2 saturated heterocycles. The van der Waals surface area contributed by atoms with E-state index in [4.69, 9.17) is 0 Å². The van der Waals surface area contributed by atoms with Crippen molar-refractivity contribution in [3.05, 3.63) is 140 Å². The smallest absolute Gasteiger partial charge is 0.254 e. The number of aromatic nitrogens is 1. The zero-order chi connectivity index (χ0) is 26.6. The third kappa shape index (κ3) is 8.56. The number of pyridine rings is 1. The normalized spacial score (nSPS) is 24.7. The van der Waals surface area contributed by atoms with Gasteiger partial charge in [-0.25, -0.2) is 10.6 Å². The third-order valence-corrected chi connectivity index (χ3v) is 8.01. The molecule has 1 aromatic heterocycles. The molecule has 1 aromatic rings. The molecule has 4 fully saturated rings. The van der Waals surface area contributed by atoms with E-state index >= 15 is 0 Å². The molecule has 3 heterocycles. The molecule has 5 heteroatoms. The van der Waals surface area contributed by atoms with Crippen LogP contribution >= 0.6 is 0 Å². The molecule has 38 heavy (non-hydrogen) atoms. The van der Waals surface area contributed by atoms with Crippen LogP contribution in [0.4, 0.5) is 0 Å². The van der Waals surface area contributed by atoms with E-state index in [0.717, 1.165) is 23.5 Å². The van der Waals surface area contributed by atoms with Crippen molar-refractivity contribution in [3.63, 3.8) is 0 Å². The molecule has 0 bridgehead atoms. The topological polar surface area (TPSA) is 41.1 Å². The largest absolute Gasteiger partial charge is 2.00 e. The quantitative estimate of drug-likeness (QED) is 0.338. The molecule has 3 nitrogen and oxygen atoms in total. The Kier molecular flexibility index (Phi) is 15.7. The van der Waals surface area contributed by atoms with E-state index in [-0.39, 0.29) is 34.1 Å². The Balaban J connectivity index is 0.000000291. The zero-order valence-corrected chi connectivity index (χ0v) is 26.5. The summed E-state index contributed by atoms with van der Waals surface area (Å²) in [6.45, 7) is 25.5. The van der Waals surface area contributed by atoms with Crippen molar-refractivity contribution < 1.29 is 34.1 Å². The van der Waals surface area contributed by atoms with Crippen molar-refractivity contribution in [3.8, 4) is 0 Å². The van der Waals surface area contributed by atoms with Crippen molar-refractivity contribution in [2.24, 2.45) is 0 Å². The van der Waals surface area contributed by atoms with E-state index in [1.165, 1.54) is 59.2 Å². The van der Waals surface area contributed by atoms with Gasteiger partial charge in [0.05, 0.1) is 11.4 Å². The van der Waals surface area contributed by atoms with Crippen LogP contribution in [0.15, 0.2) is 18.2 Å². The first-order valence-electron chi connectivity index (χ1n) is 12.6. The number of hydrogen-bond acceptors (Lipinski definition) is 1. The van der Waals surface area contributed by atoms with Gasteiger partial charge in [-0.3, -0.25) is 4.98 Å². The molecule has 4 aliphatic rings. The number of nitrogens with zero attached hydrogens (tertiary/aromatic N) is 3. The molecule has 0 spiro atoms. The Morgan fingerprint density at radius 3 is 0.895 bits per heavy atom. The van der Waals surface area contributed by atoms with Crippen LogP contribution in [0.2, 0.25) is 0 Å². The Hall–Kier alpha value is 0.109. The average molecular weight is 589 g/mol. The molecule has 0 aromatic carbocycles. The molecule has 0 N–H and O–H groups in total. The maximum Gasteiger partial charge on any atom is 2.00 e. The molecule has 198 valence electrons. The van der Waals surface area contributed by atoms with Crippen LogP contribution in [0, 0.1) is 110 Å². The molecule has 20 radical (unpaired) electrons. The fourth-order valence-electron chi connectivity index (χ4n) is 4.44. The Morgan fingerprint density at radius 2 is 0.684 bits per heavy atom. The SMILES string of the molecule is C[C]1[C](C)[C](C)[C](C)[C]1C.C[C]1[C](C)[C](C)[C](C)[C]1C.[CH]1[CH][N][C](c2cccc([C]3[CH][CH][CH][N]3)n2)[CH]1.[Fe+2].[Fe+2]. The second kappa shape index (κ2) is 16.5. The summed E-state index contributed by atoms with van der Waals surface area (Å²) in [4.78, 5) is 4.53. The number of rotatable bonds is 2. The first-order chi connectivity index (χ1) is 17.0. The summed E-state index contributed by atoms with van der Waals surface area (Å²) in [7, 11) is 0. The Labute approximate surface area is 257 Å². The summed E-state index contributed by atoms with van der Waals surface area (Å²) in [5, 5.41) is 8.45. The van der Waals surface area contributed by atoms with Crippen molar-refractivity contribution in [1.82, 2.24) is 15.6 Å². The van der Waals surface area contributed by atoms with E-state index in [0.29, 0.717) is 0 Å². The maximum absolute atomic E-state index is 4.53. The second-order valence-electron chi connectivity index (χ2n) is 9.70. The van der Waals surface area contributed by atoms with Crippen molar-refractivity contribution >= 4 is 0 Å². The van der Waals surface area contributed by atoms with Crippen LogP contribution in [-0.4, -0.2) is 4.98 Å². The summed E-state index contributed by atoms with van der Waals surface area (Å²) >= 11 is 0. The minimum Gasteiger partial charge on any atom is -0.254 e. The van der Waals surface area contributed by atoms with Gasteiger partial charge < -0.3 is 0 Å². The monoisotopic (exact) mass is 589 g/mol. The summed E-state index contributed by atoms with van der Waals surface area (Å²) in [6.07, 6.45) is 7.71. The van der Waals surface area contributed by atoms with Crippen LogP contribution in [0.25, 0.3) is 0 Å². The molecule has 0 amide bonds. The van der Waals surface area contributed by atoms with E-state index in [1.807, 2.05) is 43.9 Å². The molecular weight excluding hydrogens is 550 g/mol. The van der Waals surface area contributed by atoms with Crippen LogP contribution in [0.1, 0.15) is 80.6 Å². The first kappa shape index (κ1) is 36.1. The second-order valence-corrected chi connectivity index (χ2v) is 9.70. The van der Waals surface area contributed by atoms with Gasteiger partial charge in [0, 0.05) is 13.1 Å². The van der Waals surface area contributed by atoms with Gasteiger partial charge in [0.1, 0.15) is 12.1 Å². The molecule has 0 unspecified atom stereocenters. The zero-order valence-electron chi connectivity index (χ0n) is 24.2. The van der Waals surface area contributed by atoms with E-state index in [2.05, 4.69) is 84.9 Å². The Morgan fingerprint density at radius 1 is 0.421 bits per heavy atom. The average Bonchev–Trinajstić information content (AvgIpc) is 3.69. The van der Waals surface area contributed by atoms with E-state index in [1.54, 1.807) is 13.1 Å². The minimum absolute atomic E-state index is 0. The maximum atomic E-state index is 4.53. The fraction of sp³-hybridized carbons (Fsp3) is 0.303. The van der Waals surface area contributed by atoms with Gasteiger partial charge in [-0.1, -0.05) is 75.3 Å². The van der Waals surface area contributed by atoms with Crippen LogP contribution in [0.3, 0.4) is 0 Å². The van der Waals surface area contributed by atoms with Crippen LogP contribution in [0.5, 0.6) is 0 Å². The van der Waals surface area contributed by atoms with Crippen LogP contribution < -0.4 is 10.6 Å². The van der Waals surface area contributed by atoms with Crippen molar-refractivity contribution in [1.29, 1.82) is 0 Å². The van der Waals surface area contributed by atoms with Gasteiger partial charge in [-0.05, 0) is 97.0 Å². The van der Waals surface area contributed by atoms with Gasteiger partial charge in [-0.2, -0.15) is 0 Å². The summed E-state index contributed by atoms with van der Waals surface area (Å²) in [5.41, 5.74) is 1.76. The molecule has 2 saturated carbocycles. The van der Waals surface area contributed by atoms with Crippen molar-refractivity contribution in [2.75, 3.05) is 0 Å².